The molecule has 1 N–H and O–H groups in total. The number of hydrogen-bond donors (Lipinski definition) is 1. The van der Waals surface area contributed by atoms with Gasteiger partial charge >= 0.3 is 0 Å². The quantitative estimate of drug-likeness (QED) is 0.637. The molecule has 0 unspecified atom stereocenters. The van der Waals surface area contributed by atoms with Gasteiger partial charge in [0.15, 0.2) is 0 Å². The van der Waals surface area contributed by atoms with E-state index < -0.39 is 26.6 Å². The number of halogens is 2. The smallest absolute Gasteiger partial charge is 0.211 e. The van der Waals surface area contributed by atoms with Crippen molar-refractivity contribution in [3.05, 3.63) is 29.8 Å². The number of hydrogen-bond acceptors (Lipinski definition) is 2. The number of benzene rings is 1. The van der Waals surface area contributed by atoms with Gasteiger partial charge in [-0.1, -0.05) is 0 Å². The molecule has 1 rings (SSSR count). The van der Waals surface area contributed by atoms with Crippen LogP contribution in [0.25, 0.3) is 0 Å². The molecule has 0 radical (unpaired) electrons. The Morgan fingerprint density at radius 2 is 2.00 bits per heavy atom. The Bertz CT molecular complexity index is 550. The molecule has 1 aromatic rings. The Morgan fingerprint density at radius 1 is 1.28 bits per heavy atom. The zero-order valence-corrected chi connectivity index (χ0v) is 10.4. The van der Waals surface area contributed by atoms with E-state index in [1.54, 1.807) is 0 Å². The lowest BCUT2D eigenvalue weighted by Crippen LogP contribution is -2.25. The molecule has 0 saturated heterocycles. The van der Waals surface area contributed by atoms with Gasteiger partial charge in [0.25, 0.3) is 0 Å². The third-order valence-electron chi connectivity index (χ3n) is 2.22. The van der Waals surface area contributed by atoms with Gasteiger partial charge in [0.1, 0.15) is 16.5 Å². The van der Waals surface area contributed by atoms with Crippen LogP contribution in [-0.4, -0.2) is 15.0 Å². The summed E-state index contributed by atoms with van der Waals surface area (Å²) in [5.74, 6) is 0.509. The Morgan fingerprint density at radius 3 is 2.61 bits per heavy atom. The average Bonchev–Trinajstić information content (AvgIpc) is 2.28. The largest absolute Gasteiger partial charge is 0.243 e. The lowest BCUT2D eigenvalue weighted by molar-refractivity contribution is 0.541. The van der Waals surface area contributed by atoms with Gasteiger partial charge in [0, 0.05) is 19.0 Å². The highest BCUT2D eigenvalue weighted by molar-refractivity contribution is 7.89. The van der Waals surface area contributed by atoms with Gasteiger partial charge < -0.3 is 0 Å². The first-order valence-electron chi connectivity index (χ1n) is 5.35. The van der Waals surface area contributed by atoms with Crippen LogP contribution in [0.15, 0.2) is 23.1 Å². The molecular formula is C12H13F2NO2S. The van der Waals surface area contributed by atoms with Crippen molar-refractivity contribution in [3.8, 4) is 12.3 Å². The molecular weight excluding hydrogens is 260 g/mol. The number of terminal acetylenes is 1. The summed E-state index contributed by atoms with van der Waals surface area (Å²) in [5, 5.41) is 0. The fourth-order valence-electron chi connectivity index (χ4n) is 1.33. The molecule has 0 aliphatic carbocycles. The average molecular weight is 273 g/mol. The van der Waals surface area contributed by atoms with Gasteiger partial charge in [-0.2, -0.15) is 0 Å². The minimum Gasteiger partial charge on any atom is -0.211 e. The summed E-state index contributed by atoms with van der Waals surface area (Å²) in [6.45, 7) is 0.167. The maximum atomic E-state index is 13.3. The second-order valence-electron chi connectivity index (χ2n) is 3.63. The standard InChI is InChI=1S/C12H13F2NO2S/c1-2-3-4-5-8-15-18(16,17)12-7-6-10(13)9-11(12)14/h1,6-7,9,15H,3-5,8H2. The summed E-state index contributed by atoms with van der Waals surface area (Å²) in [6, 6.07) is 2.33. The summed E-state index contributed by atoms with van der Waals surface area (Å²) in [7, 11) is -3.94. The molecule has 0 aliphatic rings. The van der Waals surface area contributed by atoms with Gasteiger partial charge in [-0.25, -0.2) is 21.9 Å². The van der Waals surface area contributed by atoms with Gasteiger partial charge in [-0.15, -0.1) is 12.3 Å². The maximum absolute atomic E-state index is 13.3. The van der Waals surface area contributed by atoms with Crippen molar-refractivity contribution in [3.63, 3.8) is 0 Å². The molecule has 0 bridgehead atoms. The van der Waals surface area contributed by atoms with Crippen molar-refractivity contribution >= 4 is 10.0 Å². The van der Waals surface area contributed by atoms with Gasteiger partial charge in [0.05, 0.1) is 0 Å². The molecule has 0 atom stereocenters. The minimum atomic E-state index is -3.94. The molecule has 3 nitrogen and oxygen atoms in total. The van der Waals surface area contributed by atoms with Crippen LogP contribution in [0.2, 0.25) is 0 Å². The summed E-state index contributed by atoms with van der Waals surface area (Å²) < 4.78 is 51.5. The summed E-state index contributed by atoms with van der Waals surface area (Å²) in [6.07, 6.45) is 6.86. The monoisotopic (exact) mass is 273 g/mol. The highest BCUT2D eigenvalue weighted by atomic mass is 32.2. The van der Waals surface area contributed by atoms with E-state index in [4.69, 9.17) is 6.42 Å². The highest BCUT2D eigenvalue weighted by Gasteiger charge is 2.18. The molecule has 98 valence electrons. The molecule has 0 aromatic heterocycles. The van der Waals surface area contributed by atoms with Crippen LogP contribution in [0.5, 0.6) is 0 Å². The van der Waals surface area contributed by atoms with Crippen molar-refractivity contribution < 1.29 is 17.2 Å². The number of sulfonamides is 1. The first-order chi connectivity index (χ1) is 8.47. The van der Waals surface area contributed by atoms with Crippen molar-refractivity contribution in [2.24, 2.45) is 0 Å². The second kappa shape index (κ2) is 6.47. The van der Waals surface area contributed by atoms with E-state index in [0.29, 0.717) is 25.3 Å². The van der Waals surface area contributed by atoms with Gasteiger partial charge in [-0.05, 0) is 25.0 Å². The first-order valence-corrected chi connectivity index (χ1v) is 6.84. The predicted octanol–water partition coefficient (Wildman–Crippen LogP) is 2.05. The fourth-order valence-corrected chi connectivity index (χ4v) is 2.46. The van der Waals surface area contributed by atoms with E-state index in [-0.39, 0.29) is 6.54 Å². The zero-order chi connectivity index (χ0) is 13.6. The van der Waals surface area contributed by atoms with Crippen molar-refractivity contribution in [1.29, 1.82) is 0 Å². The number of nitrogens with one attached hydrogen (secondary N) is 1. The molecule has 0 amide bonds. The molecule has 0 aliphatic heterocycles. The van der Waals surface area contributed by atoms with E-state index in [0.717, 1.165) is 12.1 Å². The van der Waals surface area contributed by atoms with Crippen LogP contribution in [0, 0.1) is 24.0 Å². The van der Waals surface area contributed by atoms with Crippen LogP contribution < -0.4 is 4.72 Å². The molecule has 0 fully saturated rings. The van der Waals surface area contributed by atoms with E-state index >= 15 is 0 Å². The highest BCUT2D eigenvalue weighted by Crippen LogP contribution is 2.15. The van der Waals surface area contributed by atoms with E-state index in [1.807, 2.05) is 0 Å². The summed E-state index contributed by atoms with van der Waals surface area (Å²) >= 11 is 0. The maximum Gasteiger partial charge on any atom is 0.243 e. The van der Waals surface area contributed by atoms with Crippen LogP contribution in [0.4, 0.5) is 8.78 Å². The van der Waals surface area contributed by atoms with E-state index in [2.05, 4.69) is 10.6 Å². The zero-order valence-electron chi connectivity index (χ0n) is 9.62. The summed E-state index contributed by atoms with van der Waals surface area (Å²) in [5.41, 5.74) is 0. The molecule has 0 saturated carbocycles. The number of unbranched alkanes of at least 4 members (excludes halogenated alkanes) is 2. The lowest BCUT2D eigenvalue weighted by atomic mass is 10.2. The Labute approximate surface area is 105 Å². The van der Waals surface area contributed by atoms with Crippen LogP contribution >= 0.6 is 0 Å². The Balaban J connectivity index is 2.66. The van der Waals surface area contributed by atoms with Gasteiger partial charge in [0.2, 0.25) is 10.0 Å². The second-order valence-corrected chi connectivity index (χ2v) is 5.37. The van der Waals surface area contributed by atoms with Crippen LogP contribution in [-0.2, 0) is 10.0 Å². The number of rotatable bonds is 6. The lowest BCUT2D eigenvalue weighted by Gasteiger charge is -2.07. The predicted molar refractivity (Wildman–Crippen MR) is 64.2 cm³/mol. The molecule has 0 spiro atoms. The molecule has 18 heavy (non-hydrogen) atoms. The van der Waals surface area contributed by atoms with Gasteiger partial charge in [-0.3, -0.25) is 0 Å². The normalized spacial score (nSPS) is 11.2. The third-order valence-corrected chi connectivity index (χ3v) is 3.72. The van der Waals surface area contributed by atoms with Crippen LogP contribution in [0.3, 0.4) is 0 Å². The van der Waals surface area contributed by atoms with Crippen molar-refractivity contribution in [2.75, 3.05) is 6.54 Å². The first kappa shape index (κ1) is 14.6. The van der Waals surface area contributed by atoms with E-state index in [1.165, 1.54) is 0 Å². The van der Waals surface area contributed by atoms with Crippen LogP contribution in [0.1, 0.15) is 19.3 Å². The van der Waals surface area contributed by atoms with Crippen molar-refractivity contribution in [1.82, 2.24) is 4.72 Å². The minimum absolute atomic E-state index is 0.167. The summed E-state index contributed by atoms with van der Waals surface area (Å²) in [4.78, 5) is -0.555. The molecule has 6 heteroatoms. The Hall–Kier alpha value is -1.45. The van der Waals surface area contributed by atoms with Crippen molar-refractivity contribution in [2.45, 2.75) is 24.2 Å². The van der Waals surface area contributed by atoms with E-state index in [9.17, 15) is 17.2 Å². The molecule has 1 aromatic carbocycles. The SMILES string of the molecule is C#CCCCCNS(=O)(=O)c1ccc(F)cc1F. The topological polar surface area (TPSA) is 46.2 Å². The fraction of sp³-hybridized carbons (Fsp3) is 0.333. The molecule has 0 heterocycles. The third kappa shape index (κ3) is 4.09. The Kier molecular flexibility index (Phi) is 5.25.